The van der Waals surface area contributed by atoms with E-state index in [1.807, 2.05) is 30.3 Å². The first-order valence-electron chi connectivity index (χ1n) is 5.24. The molecule has 0 aliphatic rings. The molecule has 0 fully saturated rings. The standard InChI is InChI=1S/C13H11N3O.ClH.Pt/c17-13(11-6-2-1-3-7-11)16-15-10-12-8-4-5-9-14-12;;/h1-10H,(H,14,16,17);1H;/q;;+2/p-1. The van der Waals surface area contributed by atoms with Crippen LogP contribution >= 0.6 is 9.42 Å². The van der Waals surface area contributed by atoms with E-state index in [4.69, 9.17) is 0 Å². The van der Waals surface area contributed by atoms with Crippen LogP contribution in [0.3, 0.4) is 0 Å². The van der Waals surface area contributed by atoms with Gasteiger partial charge in [0.05, 0.1) is 11.3 Å². The van der Waals surface area contributed by atoms with Crippen LogP contribution in [0, 0.1) is 0 Å². The maximum Gasteiger partial charge on any atom is 0.275 e. The molecule has 0 spiro atoms. The summed E-state index contributed by atoms with van der Waals surface area (Å²) in [5.74, 6) is -0.113. The fourth-order valence-corrected chi connectivity index (χ4v) is 1.24. The van der Waals surface area contributed by atoms with Gasteiger partial charge >= 0.3 is 28.2 Å². The van der Waals surface area contributed by atoms with Crippen molar-refractivity contribution < 1.29 is 23.6 Å². The first-order valence-corrected chi connectivity index (χ1v) is 8.06. The number of nitrogens with zero attached hydrogens (tertiary/aromatic N) is 3. The average molecular weight is 456 g/mol. The predicted octanol–water partition coefficient (Wildman–Crippen LogP) is 3.03. The van der Waals surface area contributed by atoms with E-state index in [0.717, 1.165) is 0 Å². The summed E-state index contributed by atoms with van der Waals surface area (Å²) in [6, 6.07) is 14.5. The van der Waals surface area contributed by atoms with E-state index in [1.165, 1.54) is 6.21 Å². The van der Waals surface area contributed by atoms with Gasteiger partial charge in [0.1, 0.15) is 0 Å². The van der Waals surface area contributed by atoms with Crippen LogP contribution in [0.4, 0.5) is 0 Å². The normalized spacial score (nSPS) is 9.63. The van der Waals surface area contributed by atoms with Crippen LogP contribution in [-0.2, 0) is 18.8 Å². The Morgan fingerprint density at radius 1 is 1.16 bits per heavy atom. The van der Waals surface area contributed by atoms with Gasteiger partial charge in [0, 0.05) is 12.4 Å². The maximum atomic E-state index is 9.61. The van der Waals surface area contributed by atoms with Crippen LogP contribution < -0.4 is 0 Å². The van der Waals surface area contributed by atoms with Gasteiger partial charge in [-0.25, -0.2) is 0 Å². The molecule has 1 N–H and O–H groups in total. The predicted molar refractivity (Wildman–Crippen MR) is 73.5 cm³/mol. The topological polar surface area (TPSA) is 60.8 Å². The minimum atomic E-state index is -0.113. The first kappa shape index (κ1) is 15.5. The Kier molecular flexibility index (Phi) is 7.71. The van der Waals surface area contributed by atoms with Crippen LogP contribution in [0.2, 0.25) is 0 Å². The number of rotatable bonds is 3. The van der Waals surface area contributed by atoms with Gasteiger partial charge in [0.25, 0.3) is 5.91 Å². The van der Waals surface area contributed by atoms with Crippen LogP contribution in [-0.4, -0.2) is 21.9 Å². The Labute approximate surface area is 126 Å². The monoisotopic (exact) mass is 455 g/mol. The van der Waals surface area contributed by atoms with E-state index >= 15 is 0 Å². The summed E-state index contributed by atoms with van der Waals surface area (Å²) in [4.78, 5) is 13.7. The molecule has 0 aliphatic heterocycles. The summed E-state index contributed by atoms with van der Waals surface area (Å²) < 4.78 is 0. The van der Waals surface area contributed by atoms with Crippen LogP contribution in [0.25, 0.3) is 5.43 Å². The van der Waals surface area contributed by atoms with Gasteiger partial charge in [-0.15, -0.1) is 0 Å². The molecule has 6 heteroatoms. The number of hydrogen-bond acceptors (Lipinski definition) is 2. The summed E-state index contributed by atoms with van der Waals surface area (Å²) in [7, 11) is 4.61. The molecule has 0 atom stereocenters. The van der Waals surface area contributed by atoms with Crippen molar-refractivity contribution in [3.05, 3.63) is 71.4 Å². The van der Waals surface area contributed by atoms with Gasteiger partial charge in [-0.2, -0.15) is 0 Å². The Balaban J connectivity index is 0.000000861. The van der Waals surface area contributed by atoms with Crippen LogP contribution in [0.1, 0.15) is 11.3 Å². The first-order chi connectivity index (χ1) is 9.36. The molecule has 1 heterocycles. The van der Waals surface area contributed by atoms with Crippen molar-refractivity contribution in [2.24, 2.45) is 5.10 Å². The van der Waals surface area contributed by atoms with Gasteiger partial charge in [-0.3, -0.25) is 9.78 Å². The summed E-state index contributed by atoms with van der Waals surface area (Å²) in [5, 5.41) is 3.77. The second-order valence-electron chi connectivity index (χ2n) is 3.29. The smallest absolute Gasteiger partial charge is 0.275 e. The van der Waals surface area contributed by atoms with Gasteiger partial charge in [0.15, 0.2) is 0 Å². The third kappa shape index (κ3) is 5.77. The van der Waals surface area contributed by atoms with E-state index < -0.39 is 0 Å². The molecule has 2 rings (SSSR count). The molecule has 2 aromatic rings. The molecular weight excluding hydrogens is 445 g/mol. The summed E-state index contributed by atoms with van der Waals surface area (Å²) in [6.07, 6.45) is 3.15. The van der Waals surface area contributed by atoms with Crippen molar-refractivity contribution in [3.63, 3.8) is 0 Å². The minimum Gasteiger partial charge on any atom is -0.490 e. The third-order valence-electron chi connectivity index (χ3n) is 2.06. The van der Waals surface area contributed by atoms with E-state index in [1.54, 1.807) is 43.2 Å². The Bertz CT molecular complexity index is 520. The Morgan fingerprint density at radius 2 is 1.84 bits per heavy atom. The van der Waals surface area contributed by atoms with Crippen molar-refractivity contribution in [2.75, 3.05) is 0 Å². The molecule has 0 aliphatic carbocycles. The number of hydrogen-bond donors (Lipinski definition) is 0. The van der Waals surface area contributed by atoms with E-state index in [0.29, 0.717) is 11.3 Å². The molecule has 0 saturated heterocycles. The summed E-state index contributed by atoms with van der Waals surface area (Å²) in [6.45, 7) is 0. The zero-order valence-corrected chi connectivity index (χ0v) is 12.8. The average Bonchev–Trinajstić information content (AvgIpc) is 2.51. The van der Waals surface area contributed by atoms with Crippen LogP contribution in [0.5, 0.6) is 0 Å². The second kappa shape index (κ2) is 9.42. The van der Waals surface area contributed by atoms with Gasteiger partial charge in [-0.1, -0.05) is 24.3 Å². The van der Waals surface area contributed by atoms with Gasteiger partial charge < -0.3 is 10.5 Å². The van der Waals surface area contributed by atoms with E-state index in [2.05, 4.69) is 24.9 Å². The largest absolute Gasteiger partial charge is 0.490 e. The van der Waals surface area contributed by atoms with E-state index in [9.17, 15) is 4.79 Å². The second-order valence-corrected chi connectivity index (χ2v) is 3.29. The van der Waals surface area contributed by atoms with E-state index in [-0.39, 0.29) is 5.91 Å². The molecule has 0 bridgehead atoms. The number of pyridine rings is 1. The molecule has 4 nitrogen and oxygen atoms in total. The number of halogens is 1. The molecule has 0 saturated carbocycles. The Hall–Kier alpha value is -1.51. The SMILES string of the molecule is [Cl][Pt+].[OH+]=C([N-]N=Cc1ccccn1)c1ccccc1. The number of carbonyl (C=O) groups excluding carboxylic acids is 1. The van der Waals surface area contributed by atoms with Gasteiger partial charge in [0.2, 0.25) is 0 Å². The fourth-order valence-electron chi connectivity index (χ4n) is 1.24. The van der Waals surface area contributed by atoms with Crippen molar-refractivity contribution in [3.8, 4) is 0 Å². The quantitative estimate of drug-likeness (QED) is 0.399. The molecular formula is C13H11ClN3OPt+. The number of aromatic nitrogens is 1. The molecule has 0 radical (unpaired) electrons. The van der Waals surface area contributed by atoms with Crippen molar-refractivity contribution in [2.45, 2.75) is 0 Å². The van der Waals surface area contributed by atoms with Crippen LogP contribution in [0.15, 0.2) is 59.8 Å². The minimum absolute atomic E-state index is 0.113. The number of benzene rings is 1. The maximum absolute atomic E-state index is 9.61. The summed E-state index contributed by atoms with van der Waals surface area (Å²) >= 11 is 1.61. The molecule has 1 amide bonds. The van der Waals surface area contributed by atoms with Gasteiger partial charge in [-0.05, 0) is 24.3 Å². The third-order valence-corrected chi connectivity index (χ3v) is 2.06. The molecule has 19 heavy (non-hydrogen) atoms. The molecule has 100 valence electrons. The zero-order chi connectivity index (χ0) is 13.9. The van der Waals surface area contributed by atoms with Crippen molar-refractivity contribution in [1.29, 1.82) is 0 Å². The van der Waals surface area contributed by atoms with Crippen molar-refractivity contribution in [1.82, 2.24) is 4.98 Å². The molecule has 0 unspecified atom stereocenters. The van der Waals surface area contributed by atoms with Crippen molar-refractivity contribution >= 4 is 21.5 Å². The number of amides is 1. The fraction of sp³-hybridized carbons (Fsp3) is 0. The molecule has 1 aromatic carbocycles. The zero-order valence-electron chi connectivity index (χ0n) is 9.76. The summed E-state index contributed by atoms with van der Waals surface area (Å²) in [5.41, 5.74) is 5.01. The molecule has 1 aromatic heterocycles. The Morgan fingerprint density at radius 3 is 2.47 bits per heavy atom.